The molecule has 4 rings (SSSR count). The van der Waals surface area contributed by atoms with Gasteiger partial charge in [0.25, 0.3) is 0 Å². The van der Waals surface area contributed by atoms with Crippen LogP contribution in [0.3, 0.4) is 0 Å². The molecule has 0 saturated carbocycles. The predicted octanol–water partition coefficient (Wildman–Crippen LogP) is 2.12. The van der Waals surface area contributed by atoms with Crippen LogP contribution in [0, 0.1) is 0 Å². The molecule has 0 amide bonds. The Hall–Kier alpha value is -2.34. The Morgan fingerprint density at radius 1 is 1.14 bits per heavy atom. The summed E-state index contributed by atoms with van der Waals surface area (Å²) in [6.45, 7) is 2.16. The lowest BCUT2D eigenvalue weighted by atomic mass is 10.0. The van der Waals surface area contributed by atoms with Gasteiger partial charge < -0.3 is 15.2 Å². The molecule has 2 aromatic rings. The Morgan fingerprint density at radius 2 is 2.05 bits per heavy atom. The van der Waals surface area contributed by atoms with E-state index in [0.29, 0.717) is 18.7 Å². The Kier molecular flexibility index (Phi) is 3.31. The summed E-state index contributed by atoms with van der Waals surface area (Å²) in [4.78, 5) is 2.43. The lowest BCUT2D eigenvalue weighted by Crippen LogP contribution is -2.23. The number of aromatic nitrogens is 2. The molecule has 2 aliphatic rings. The number of nitrogens with two attached hydrogens (primary N) is 1. The van der Waals surface area contributed by atoms with Crippen molar-refractivity contribution in [2.75, 3.05) is 19.1 Å². The number of hydrogen-bond donors (Lipinski definition) is 1. The zero-order valence-corrected chi connectivity index (χ0v) is 12.2. The number of anilines is 1. The Balaban J connectivity index is 1.54. The summed E-state index contributed by atoms with van der Waals surface area (Å²) in [5, 5.41) is 8.10. The molecule has 2 N–H and O–H groups in total. The zero-order chi connectivity index (χ0) is 14.9. The molecule has 1 fully saturated rings. The average Bonchev–Trinajstić information content (AvgIpc) is 3.17. The molecule has 1 aromatic heterocycles. The quantitative estimate of drug-likeness (QED) is 0.935. The second-order valence-corrected chi connectivity index (χ2v) is 5.69. The standard InChI is InChI=1S/C16H18N4O2/c17-16-6-4-12(18-19-16)9-20-7-1-2-13(20)11-3-5-14-15(8-11)22-10-21-14/h3-6,8,13H,1-2,7,9-10H2,(H2,17,19). The van der Waals surface area contributed by atoms with E-state index in [0.717, 1.165) is 36.7 Å². The summed E-state index contributed by atoms with van der Waals surface area (Å²) in [5.74, 6) is 2.13. The van der Waals surface area contributed by atoms with Crippen LogP contribution in [0.25, 0.3) is 0 Å². The molecule has 0 radical (unpaired) electrons. The molecule has 1 unspecified atom stereocenters. The maximum atomic E-state index is 5.59. The van der Waals surface area contributed by atoms with Crippen LogP contribution in [0.5, 0.6) is 11.5 Å². The summed E-state index contributed by atoms with van der Waals surface area (Å²) < 4.78 is 10.9. The molecule has 0 spiro atoms. The number of ether oxygens (including phenoxy) is 2. The molecule has 6 heteroatoms. The summed E-state index contributed by atoms with van der Waals surface area (Å²) >= 11 is 0. The molecule has 1 atom stereocenters. The van der Waals surface area contributed by atoms with Gasteiger partial charge in [-0.05, 0) is 49.2 Å². The third-order valence-electron chi connectivity index (χ3n) is 4.25. The normalized spacial score (nSPS) is 20.5. The molecular weight excluding hydrogens is 280 g/mol. The number of nitrogen functional groups attached to an aromatic ring is 1. The van der Waals surface area contributed by atoms with Gasteiger partial charge in [-0.2, -0.15) is 5.10 Å². The van der Waals surface area contributed by atoms with Crippen LogP contribution in [0.1, 0.15) is 30.1 Å². The van der Waals surface area contributed by atoms with Crippen LogP contribution in [-0.2, 0) is 6.54 Å². The van der Waals surface area contributed by atoms with Crippen LogP contribution in [-0.4, -0.2) is 28.4 Å². The zero-order valence-electron chi connectivity index (χ0n) is 12.2. The number of rotatable bonds is 3. The fraction of sp³-hybridized carbons (Fsp3) is 0.375. The molecule has 1 saturated heterocycles. The van der Waals surface area contributed by atoms with Gasteiger partial charge >= 0.3 is 0 Å². The highest BCUT2D eigenvalue weighted by molar-refractivity contribution is 5.45. The van der Waals surface area contributed by atoms with Crippen LogP contribution in [0.2, 0.25) is 0 Å². The first-order valence-corrected chi connectivity index (χ1v) is 7.51. The van der Waals surface area contributed by atoms with Gasteiger partial charge in [-0.15, -0.1) is 5.10 Å². The summed E-state index contributed by atoms with van der Waals surface area (Å²) in [7, 11) is 0. The van der Waals surface area contributed by atoms with Gasteiger partial charge in [-0.25, -0.2) is 0 Å². The minimum atomic E-state index is 0.314. The van der Waals surface area contributed by atoms with Gasteiger partial charge in [0, 0.05) is 12.6 Å². The van der Waals surface area contributed by atoms with E-state index in [2.05, 4.69) is 27.2 Å². The summed E-state index contributed by atoms with van der Waals surface area (Å²) in [6.07, 6.45) is 2.32. The fourth-order valence-electron chi connectivity index (χ4n) is 3.18. The SMILES string of the molecule is Nc1ccc(CN2CCCC2c2ccc3c(c2)OCO3)nn1. The number of benzene rings is 1. The van der Waals surface area contributed by atoms with Crippen molar-refractivity contribution < 1.29 is 9.47 Å². The maximum absolute atomic E-state index is 5.59. The molecule has 0 aliphatic carbocycles. The lowest BCUT2D eigenvalue weighted by Gasteiger charge is -2.24. The fourth-order valence-corrected chi connectivity index (χ4v) is 3.18. The largest absolute Gasteiger partial charge is 0.454 e. The molecule has 22 heavy (non-hydrogen) atoms. The Bertz CT molecular complexity index is 674. The van der Waals surface area contributed by atoms with Crippen LogP contribution < -0.4 is 15.2 Å². The minimum Gasteiger partial charge on any atom is -0.454 e. The van der Waals surface area contributed by atoms with Gasteiger partial charge in [0.05, 0.1) is 5.69 Å². The van der Waals surface area contributed by atoms with Crippen LogP contribution in [0.15, 0.2) is 30.3 Å². The lowest BCUT2D eigenvalue weighted by molar-refractivity contribution is 0.173. The number of likely N-dealkylation sites (tertiary alicyclic amines) is 1. The van der Waals surface area contributed by atoms with Crippen molar-refractivity contribution in [3.05, 3.63) is 41.6 Å². The molecule has 6 nitrogen and oxygen atoms in total. The number of hydrogen-bond acceptors (Lipinski definition) is 6. The van der Waals surface area contributed by atoms with E-state index in [-0.39, 0.29) is 0 Å². The minimum absolute atomic E-state index is 0.314. The van der Waals surface area contributed by atoms with E-state index < -0.39 is 0 Å². The summed E-state index contributed by atoms with van der Waals surface area (Å²) in [5.41, 5.74) is 7.81. The smallest absolute Gasteiger partial charge is 0.231 e. The van der Waals surface area contributed by atoms with Crippen LogP contribution in [0.4, 0.5) is 5.82 Å². The van der Waals surface area contributed by atoms with E-state index in [1.165, 1.54) is 12.0 Å². The van der Waals surface area contributed by atoms with E-state index >= 15 is 0 Å². The Morgan fingerprint density at radius 3 is 2.91 bits per heavy atom. The highest BCUT2D eigenvalue weighted by atomic mass is 16.7. The molecule has 0 bridgehead atoms. The van der Waals surface area contributed by atoms with Gasteiger partial charge in [0.15, 0.2) is 11.5 Å². The topological polar surface area (TPSA) is 73.5 Å². The van der Waals surface area contributed by atoms with Gasteiger partial charge in [0.2, 0.25) is 6.79 Å². The van der Waals surface area contributed by atoms with Gasteiger partial charge in [-0.1, -0.05) is 6.07 Å². The second kappa shape index (κ2) is 5.46. The van der Waals surface area contributed by atoms with Gasteiger partial charge in [-0.3, -0.25) is 4.90 Å². The molecule has 114 valence electrons. The van der Waals surface area contributed by atoms with E-state index in [9.17, 15) is 0 Å². The highest BCUT2D eigenvalue weighted by Crippen LogP contribution is 2.39. The van der Waals surface area contributed by atoms with E-state index in [1.807, 2.05) is 12.1 Å². The molecule has 1 aromatic carbocycles. The van der Waals surface area contributed by atoms with Crippen LogP contribution >= 0.6 is 0 Å². The number of nitrogens with zero attached hydrogens (tertiary/aromatic N) is 3. The molecular formula is C16H18N4O2. The maximum Gasteiger partial charge on any atom is 0.231 e. The van der Waals surface area contributed by atoms with Crippen molar-refractivity contribution in [1.82, 2.24) is 15.1 Å². The Labute approximate surface area is 128 Å². The van der Waals surface area contributed by atoms with Crippen molar-refractivity contribution in [1.29, 1.82) is 0 Å². The summed E-state index contributed by atoms with van der Waals surface area (Å²) in [6, 6.07) is 10.3. The first-order chi connectivity index (χ1) is 10.8. The van der Waals surface area contributed by atoms with Crippen molar-refractivity contribution in [2.45, 2.75) is 25.4 Å². The van der Waals surface area contributed by atoms with Crippen molar-refractivity contribution in [3.8, 4) is 11.5 Å². The third kappa shape index (κ3) is 2.46. The van der Waals surface area contributed by atoms with Crippen molar-refractivity contribution >= 4 is 5.82 Å². The van der Waals surface area contributed by atoms with Gasteiger partial charge in [0.1, 0.15) is 5.82 Å². The van der Waals surface area contributed by atoms with E-state index in [4.69, 9.17) is 15.2 Å². The van der Waals surface area contributed by atoms with E-state index in [1.54, 1.807) is 6.07 Å². The predicted molar refractivity (Wildman–Crippen MR) is 81.4 cm³/mol. The van der Waals surface area contributed by atoms with Crippen molar-refractivity contribution in [3.63, 3.8) is 0 Å². The average molecular weight is 298 g/mol. The number of fused-ring (bicyclic) bond motifs is 1. The monoisotopic (exact) mass is 298 g/mol. The second-order valence-electron chi connectivity index (χ2n) is 5.69. The molecule has 3 heterocycles. The third-order valence-corrected chi connectivity index (χ3v) is 4.25. The molecule has 2 aliphatic heterocycles. The highest BCUT2D eigenvalue weighted by Gasteiger charge is 2.28. The first kappa shape index (κ1) is 13.3. The first-order valence-electron chi connectivity index (χ1n) is 7.51. The van der Waals surface area contributed by atoms with Crippen molar-refractivity contribution in [2.24, 2.45) is 0 Å².